The molecular weight excluding hydrogens is 1440 g/mol. The van der Waals surface area contributed by atoms with E-state index in [-0.39, 0.29) is 17.1 Å². The Balaban J connectivity index is 0.000000474. The molecule has 0 fully saturated rings. The van der Waals surface area contributed by atoms with Crippen LogP contribution in [0.4, 0.5) is 25.2 Å². The van der Waals surface area contributed by atoms with Gasteiger partial charge in [-0.05, 0) is 105 Å². The van der Waals surface area contributed by atoms with Crippen molar-refractivity contribution in [2.45, 2.75) is 52.7 Å². The van der Waals surface area contributed by atoms with Crippen molar-refractivity contribution < 1.29 is 116 Å². The predicted octanol–water partition coefficient (Wildman–Crippen LogP) is 14.3. The average Bonchev–Trinajstić information content (AvgIpc) is 3.68. The average molecular weight is 1530 g/mol. The quantitative estimate of drug-likeness (QED) is 0.0230. The van der Waals surface area contributed by atoms with Gasteiger partial charge in [0.25, 0.3) is 0 Å². The molecule has 6 aromatic carbocycles. The molecular formula is C62H81Cl2F6FeN4O11PPt. The van der Waals surface area contributed by atoms with Crippen molar-refractivity contribution in [3.63, 3.8) is 0 Å². The summed E-state index contributed by atoms with van der Waals surface area (Å²) >= 11 is -0.472. The molecule has 0 bridgehead atoms. The van der Waals surface area contributed by atoms with Crippen molar-refractivity contribution in [1.29, 1.82) is 0 Å². The molecule has 15 nitrogen and oxygen atoms in total. The van der Waals surface area contributed by atoms with E-state index < -0.39 is 24.3 Å². The number of nitrogens with two attached hydrogens (primary N) is 1. The second kappa shape index (κ2) is 46.0. The van der Waals surface area contributed by atoms with E-state index in [0.717, 1.165) is 49.5 Å². The molecule has 2 N–H and O–H groups in total. The summed E-state index contributed by atoms with van der Waals surface area (Å²) in [7, 11) is -0.907. The summed E-state index contributed by atoms with van der Waals surface area (Å²) in [6.45, 7) is 20.7. The Morgan fingerprint density at radius 3 is 1.48 bits per heavy atom. The minimum Gasteiger partial charge on any atom is -0.487 e. The fourth-order valence-electron chi connectivity index (χ4n) is 7.52. The molecule has 88 heavy (non-hydrogen) atoms. The van der Waals surface area contributed by atoms with Crippen molar-refractivity contribution in [2.24, 2.45) is 0 Å². The van der Waals surface area contributed by atoms with Crippen LogP contribution in [0.1, 0.15) is 40.8 Å². The van der Waals surface area contributed by atoms with Crippen LogP contribution in [0.25, 0.3) is 0 Å². The Bertz CT molecular complexity index is 2630. The normalized spacial score (nSPS) is 14.0. The number of ether oxygens (including phenoxy) is 11. The first-order chi connectivity index (χ1) is 41.9. The van der Waals surface area contributed by atoms with E-state index in [1.165, 1.54) is 22.3 Å². The van der Waals surface area contributed by atoms with Crippen LogP contribution in [0.15, 0.2) is 165 Å². The van der Waals surface area contributed by atoms with Gasteiger partial charge >= 0.3 is 85.4 Å². The molecule has 0 unspecified atom stereocenters. The number of para-hydroxylation sites is 4. The minimum absolute atomic E-state index is 0. The summed E-state index contributed by atoms with van der Waals surface area (Å²) in [6.07, 6.45) is 4.89. The molecule has 26 heteroatoms. The number of unbranched alkanes of at least 4 members (excludes halogenated alkanes) is 1. The van der Waals surface area contributed by atoms with Crippen LogP contribution in [0.2, 0.25) is 0 Å². The van der Waals surface area contributed by atoms with Gasteiger partial charge < -0.3 is 57.4 Å². The Morgan fingerprint density at radius 2 is 1.03 bits per heavy atom. The van der Waals surface area contributed by atoms with E-state index in [9.17, 15) is 25.2 Å². The van der Waals surface area contributed by atoms with Crippen molar-refractivity contribution in [2.75, 3.05) is 106 Å². The summed E-state index contributed by atoms with van der Waals surface area (Å²) < 4.78 is 124. The number of halogens is 8. The molecule has 0 aliphatic carbocycles. The molecule has 0 saturated carbocycles. The van der Waals surface area contributed by atoms with Crippen molar-refractivity contribution >= 4 is 26.6 Å². The smallest absolute Gasteiger partial charge is 0.487 e. The van der Waals surface area contributed by atoms with Gasteiger partial charge in [-0.15, -0.1) is 23.8 Å². The number of fused-ring (bicyclic) bond motifs is 2. The fraction of sp³-hybridized carbons (Fsp3) is 0.387. The second-order valence-corrected chi connectivity index (χ2v) is 23.6. The Kier molecular flexibility index (Phi) is 41.2. The Morgan fingerprint density at radius 1 is 0.568 bits per heavy atom. The van der Waals surface area contributed by atoms with E-state index in [4.69, 9.17) is 70.9 Å². The van der Waals surface area contributed by atoms with Gasteiger partial charge in [0.2, 0.25) is 0 Å². The molecule has 0 spiro atoms. The molecule has 0 atom stereocenters. The number of rotatable bonds is 17. The molecule has 8 rings (SSSR count). The minimum atomic E-state index is -10.7. The van der Waals surface area contributed by atoms with Crippen LogP contribution in [-0.4, -0.2) is 121 Å². The van der Waals surface area contributed by atoms with Crippen LogP contribution >= 0.6 is 26.6 Å². The van der Waals surface area contributed by atoms with Crippen molar-refractivity contribution in [3.05, 3.63) is 193 Å². The van der Waals surface area contributed by atoms with Gasteiger partial charge in [-0.25, -0.2) is 28.9 Å². The summed E-state index contributed by atoms with van der Waals surface area (Å²) in [5.74, 6) is 4.55. The van der Waals surface area contributed by atoms with Gasteiger partial charge in [0.1, 0.15) is 51.1 Å². The molecule has 0 amide bonds. The summed E-state index contributed by atoms with van der Waals surface area (Å²) in [4.78, 5) is 0. The summed E-state index contributed by atoms with van der Waals surface area (Å²) in [5, 5.41) is 10.8. The molecule has 2 heterocycles. The number of benzene rings is 4. The topological polar surface area (TPSA) is 149 Å². The van der Waals surface area contributed by atoms with Gasteiger partial charge in [-0.1, -0.05) is 35.5 Å². The fourth-order valence-corrected chi connectivity index (χ4v) is 7.52. The first-order valence-corrected chi connectivity index (χ1v) is 35.6. The van der Waals surface area contributed by atoms with E-state index in [2.05, 4.69) is 97.2 Å². The number of nitrogens with zero attached hydrogens (tertiary/aromatic N) is 3. The van der Waals surface area contributed by atoms with E-state index >= 15 is 0 Å². The number of aromatic nitrogens is 3. The predicted molar refractivity (Wildman–Crippen MR) is 325 cm³/mol. The van der Waals surface area contributed by atoms with Gasteiger partial charge in [0.15, 0.2) is 23.0 Å². The maximum absolute atomic E-state index is 10.7. The van der Waals surface area contributed by atoms with E-state index in [1.807, 2.05) is 102 Å². The summed E-state index contributed by atoms with van der Waals surface area (Å²) in [5.41, 5.74) is 6.09. The number of aryl methyl sites for hydroxylation is 3. The summed E-state index contributed by atoms with van der Waals surface area (Å²) in [6, 6.07) is 48.3. The third-order valence-corrected chi connectivity index (χ3v) is 11.2. The number of quaternary nitrogens is 1. The van der Waals surface area contributed by atoms with Crippen LogP contribution < -0.4 is 33.7 Å². The van der Waals surface area contributed by atoms with Crippen molar-refractivity contribution in [3.8, 4) is 34.5 Å². The van der Waals surface area contributed by atoms with Gasteiger partial charge in [0.05, 0.1) is 91.5 Å². The third kappa shape index (κ3) is 43.5. The number of hydrogen-bond acceptors (Lipinski definition) is 13. The van der Waals surface area contributed by atoms with Gasteiger partial charge in [-0.2, -0.15) is 30.3 Å². The first kappa shape index (κ1) is 78.9. The van der Waals surface area contributed by atoms with Crippen LogP contribution in [0, 0.1) is 13.8 Å². The molecule has 1 aliphatic heterocycles. The largest absolute Gasteiger partial charge is 2.00 e. The van der Waals surface area contributed by atoms with E-state index in [0.29, 0.717) is 135 Å². The standard InChI is InChI=1S/C31H39N4O3.C24H32O8.C5H5.C2H4.2ClH.F6P.Fe.Pt/c1-25-19-26(2)21-31(20-25)38-18-17-36-16-14-35-24-29(33-34-35)9-5-6-15-37-30-12-10-28(11-13-30)23-32-22-27-7-3-4-8-27;1-2-6-22-21(5-1)29-17-13-25-9-10-27-15-19-31-23-7-3-4-8-24(23)32-20-16-28-12-11-26-14-18-30-22;1-2-4-5-3-1;1-2;;;1-7(2,3,4,5)6;;/h3-4,7-8,10-13,19-21,24,32H,5-6,9,14-18,22-23H2,1-2H3;1-8H,9-20H2;1-5H;1-2H2;2*1H;;;/q-1;;-1;;;;-1;2*+2/p-1. The van der Waals surface area contributed by atoms with E-state index in [1.54, 1.807) is 0 Å². The molecule has 7 aromatic rings. The Labute approximate surface area is 540 Å². The van der Waals surface area contributed by atoms with Gasteiger partial charge in [-0.3, -0.25) is 0 Å². The maximum Gasteiger partial charge on any atom is 2.00 e. The SMILES string of the molecule is C=C.Cc1cc(C)cc(OCCOCCn2cc(CCCCOc3ccc(C[NH2+]Cc4ccc[cH-]4)cc3)nn2)c1.F[P-](F)(F)(F)(F)F.[Cl][Pt][Cl].[Fe+2].c1cc[cH-]c1.c1ccc2c(c1)OCCOCCOCCOc1ccccc1OCCOCCOCCO2. The monoisotopic (exact) mass is 1520 g/mol. The molecule has 1 aromatic heterocycles. The van der Waals surface area contributed by atoms with Crippen LogP contribution in [-0.2, 0) is 83.3 Å². The zero-order valence-electron chi connectivity index (χ0n) is 49.5. The zero-order chi connectivity index (χ0) is 63.2. The van der Waals surface area contributed by atoms with Crippen LogP contribution in [0.3, 0.4) is 0 Å². The maximum atomic E-state index is 9.87. The third-order valence-electron chi connectivity index (χ3n) is 11.2. The zero-order valence-corrected chi connectivity index (χ0v) is 55.2. The number of hydrogen-bond donors (Lipinski definition) is 1. The molecule has 494 valence electrons. The molecule has 1 aliphatic rings. The van der Waals surface area contributed by atoms with Crippen LogP contribution in [0.5, 0.6) is 34.5 Å². The first-order valence-electron chi connectivity index (χ1n) is 27.9. The molecule has 0 saturated heterocycles. The van der Waals surface area contributed by atoms with Gasteiger partial charge in [0, 0.05) is 11.8 Å². The van der Waals surface area contributed by atoms with Crippen molar-refractivity contribution in [1.82, 2.24) is 15.0 Å². The molecule has 0 radical (unpaired) electrons. The Hall–Kier alpha value is -5.18. The second-order valence-electron chi connectivity index (χ2n) is 18.4.